The Hall–Kier alpha value is -1.29. The zero-order chi connectivity index (χ0) is 13.7. The second-order valence-corrected chi connectivity index (χ2v) is 5.86. The van der Waals surface area contributed by atoms with Gasteiger partial charge >= 0.3 is 6.03 Å². The molecule has 102 valence electrons. The fourth-order valence-corrected chi connectivity index (χ4v) is 2.35. The summed E-state index contributed by atoms with van der Waals surface area (Å²) in [4.78, 5) is 11.6. The molecule has 0 aromatic heterocycles. The summed E-state index contributed by atoms with van der Waals surface area (Å²) >= 11 is 3.44. The van der Waals surface area contributed by atoms with E-state index < -0.39 is 0 Å². The van der Waals surface area contributed by atoms with Crippen molar-refractivity contribution in [3.8, 4) is 0 Å². The first-order chi connectivity index (χ1) is 9.15. The fourth-order valence-electron chi connectivity index (χ4n) is 1.90. The minimum absolute atomic E-state index is 0.130. The summed E-state index contributed by atoms with van der Waals surface area (Å²) in [5.41, 5.74) is 2.47. The van der Waals surface area contributed by atoms with E-state index in [9.17, 15) is 4.79 Å². The van der Waals surface area contributed by atoms with Crippen LogP contribution in [0.4, 0.5) is 4.79 Å². The summed E-state index contributed by atoms with van der Waals surface area (Å²) < 4.78 is 1.07. The topological polar surface area (TPSA) is 41.1 Å². The quantitative estimate of drug-likeness (QED) is 0.854. The number of amides is 2. The van der Waals surface area contributed by atoms with Crippen LogP contribution in [0.15, 0.2) is 40.5 Å². The van der Waals surface area contributed by atoms with Crippen molar-refractivity contribution in [2.45, 2.75) is 26.2 Å². The third-order valence-electron chi connectivity index (χ3n) is 3.24. The number of urea groups is 1. The first kappa shape index (κ1) is 14.1. The Balaban J connectivity index is 1.67. The van der Waals surface area contributed by atoms with Crippen LogP contribution in [0.1, 0.15) is 25.3 Å². The molecule has 0 atom stereocenters. The molecule has 1 aliphatic carbocycles. The minimum Gasteiger partial charge on any atom is -0.338 e. The lowest BCUT2D eigenvalue weighted by Gasteiger charge is -2.06. The lowest BCUT2D eigenvalue weighted by atomic mass is 10.1. The minimum atomic E-state index is -0.130. The Bertz CT molecular complexity index is 481. The van der Waals surface area contributed by atoms with Gasteiger partial charge in [0.25, 0.3) is 0 Å². The Kier molecular flexibility index (Phi) is 5.02. The number of hydrogen-bond donors (Lipinski definition) is 2. The molecule has 2 rings (SSSR count). The van der Waals surface area contributed by atoms with Crippen molar-refractivity contribution in [3.63, 3.8) is 0 Å². The maximum absolute atomic E-state index is 11.6. The highest BCUT2D eigenvalue weighted by Crippen LogP contribution is 2.35. The highest BCUT2D eigenvalue weighted by Gasteiger charge is 2.22. The molecule has 0 bridgehead atoms. The molecule has 1 aromatic rings. The highest BCUT2D eigenvalue weighted by molar-refractivity contribution is 9.10. The Morgan fingerprint density at radius 1 is 1.47 bits per heavy atom. The Morgan fingerprint density at radius 2 is 2.26 bits per heavy atom. The van der Waals surface area contributed by atoms with Crippen LogP contribution in [-0.4, -0.2) is 12.6 Å². The standard InChI is InChI=1S/C15H19BrN2O/c1-11(13-5-6-13)10-18-15(19)17-8-7-12-3-2-4-14(16)9-12/h2-4,9-10,13H,5-8H2,1H3,(H2,17,18,19)/b11-10+. The molecule has 1 fully saturated rings. The highest BCUT2D eigenvalue weighted by atomic mass is 79.9. The molecule has 1 saturated carbocycles. The van der Waals surface area contributed by atoms with Crippen LogP contribution in [-0.2, 0) is 6.42 Å². The van der Waals surface area contributed by atoms with Gasteiger partial charge in [0.1, 0.15) is 0 Å². The predicted octanol–water partition coefficient (Wildman–Crippen LogP) is 3.60. The van der Waals surface area contributed by atoms with E-state index in [2.05, 4.69) is 45.6 Å². The average molecular weight is 323 g/mol. The fraction of sp³-hybridized carbons (Fsp3) is 0.400. The van der Waals surface area contributed by atoms with Gasteiger partial charge < -0.3 is 10.6 Å². The zero-order valence-corrected chi connectivity index (χ0v) is 12.7. The van der Waals surface area contributed by atoms with Crippen molar-refractivity contribution in [3.05, 3.63) is 46.1 Å². The van der Waals surface area contributed by atoms with E-state index >= 15 is 0 Å². The molecule has 0 radical (unpaired) electrons. The van der Waals surface area contributed by atoms with E-state index in [1.165, 1.54) is 24.0 Å². The Labute approximate surface area is 122 Å². The van der Waals surface area contributed by atoms with Gasteiger partial charge in [-0.05, 0) is 49.8 Å². The van der Waals surface area contributed by atoms with Gasteiger partial charge in [-0.2, -0.15) is 0 Å². The normalized spacial score (nSPS) is 15.2. The van der Waals surface area contributed by atoms with Crippen LogP contribution >= 0.6 is 15.9 Å². The number of carbonyl (C=O) groups is 1. The molecule has 3 nitrogen and oxygen atoms in total. The number of halogens is 1. The molecule has 4 heteroatoms. The molecule has 19 heavy (non-hydrogen) atoms. The maximum Gasteiger partial charge on any atom is 0.318 e. The summed E-state index contributed by atoms with van der Waals surface area (Å²) in [5, 5.41) is 5.64. The molecule has 0 unspecified atom stereocenters. The number of hydrogen-bond acceptors (Lipinski definition) is 1. The summed E-state index contributed by atoms with van der Waals surface area (Å²) in [6, 6.07) is 7.99. The van der Waals surface area contributed by atoms with Gasteiger partial charge in [0.2, 0.25) is 0 Å². The molecule has 1 aromatic carbocycles. The summed E-state index contributed by atoms with van der Waals surface area (Å²) in [6.45, 7) is 2.71. The van der Waals surface area contributed by atoms with Crippen LogP contribution in [0.25, 0.3) is 0 Å². The van der Waals surface area contributed by atoms with Crippen LogP contribution in [0, 0.1) is 5.92 Å². The predicted molar refractivity (Wildman–Crippen MR) is 80.9 cm³/mol. The summed E-state index contributed by atoms with van der Waals surface area (Å²) in [6.07, 6.45) is 5.17. The van der Waals surface area contributed by atoms with Gasteiger partial charge in [0, 0.05) is 17.2 Å². The summed E-state index contributed by atoms with van der Waals surface area (Å²) in [5.74, 6) is 0.696. The average Bonchev–Trinajstić information content (AvgIpc) is 3.20. The van der Waals surface area contributed by atoms with E-state index in [0.717, 1.165) is 10.9 Å². The summed E-state index contributed by atoms with van der Waals surface area (Å²) in [7, 11) is 0. The van der Waals surface area contributed by atoms with Gasteiger partial charge in [0.15, 0.2) is 0 Å². The van der Waals surface area contributed by atoms with E-state index in [4.69, 9.17) is 0 Å². The van der Waals surface area contributed by atoms with Crippen molar-refractivity contribution in [2.75, 3.05) is 6.54 Å². The number of allylic oxidation sites excluding steroid dienone is 1. The van der Waals surface area contributed by atoms with Gasteiger partial charge in [-0.3, -0.25) is 0 Å². The molecule has 0 saturated heterocycles. The maximum atomic E-state index is 11.6. The van der Waals surface area contributed by atoms with Crippen LogP contribution in [0.3, 0.4) is 0 Å². The first-order valence-electron chi connectivity index (χ1n) is 6.60. The number of carbonyl (C=O) groups excluding carboxylic acids is 1. The third kappa shape index (κ3) is 5.07. The molecular weight excluding hydrogens is 304 g/mol. The van der Waals surface area contributed by atoms with E-state index in [-0.39, 0.29) is 6.03 Å². The molecule has 0 aliphatic heterocycles. The smallest absolute Gasteiger partial charge is 0.318 e. The van der Waals surface area contributed by atoms with E-state index in [0.29, 0.717) is 12.5 Å². The largest absolute Gasteiger partial charge is 0.338 e. The Morgan fingerprint density at radius 3 is 2.95 bits per heavy atom. The van der Waals surface area contributed by atoms with Crippen LogP contribution in [0.5, 0.6) is 0 Å². The van der Waals surface area contributed by atoms with Gasteiger partial charge in [-0.15, -0.1) is 0 Å². The number of nitrogens with one attached hydrogen (secondary N) is 2. The van der Waals surface area contributed by atoms with Gasteiger partial charge in [-0.25, -0.2) is 4.79 Å². The molecular formula is C15H19BrN2O. The van der Waals surface area contributed by atoms with Gasteiger partial charge in [0.05, 0.1) is 0 Å². The second-order valence-electron chi connectivity index (χ2n) is 4.94. The third-order valence-corrected chi connectivity index (χ3v) is 3.73. The zero-order valence-electron chi connectivity index (χ0n) is 11.1. The van der Waals surface area contributed by atoms with Crippen molar-refractivity contribution >= 4 is 22.0 Å². The second kappa shape index (κ2) is 6.75. The molecule has 0 spiro atoms. The SMILES string of the molecule is C/C(=C\NC(=O)NCCc1cccc(Br)c1)C1CC1. The first-order valence-corrected chi connectivity index (χ1v) is 7.40. The molecule has 0 heterocycles. The van der Waals surface area contributed by atoms with Gasteiger partial charge in [-0.1, -0.05) is 33.6 Å². The van der Waals surface area contributed by atoms with Crippen molar-refractivity contribution in [1.82, 2.24) is 10.6 Å². The van der Waals surface area contributed by atoms with Crippen LogP contribution < -0.4 is 10.6 Å². The van der Waals surface area contributed by atoms with E-state index in [1.54, 1.807) is 0 Å². The molecule has 1 aliphatic rings. The molecule has 2 amide bonds. The number of rotatable bonds is 5. The molecule has 2 N–H and O–H groups in total. The van der Waals surface area contributed by atoms with Crippen LogP contribution in [0.2, 0.25) is 0 Å². The van der Waals surface area contributed by atoms with E-state index in [1.807, 2.05) is 18.3 Å². The van der Waals surface area contributed by atoms with Crippen molar-refractivity contribution < 1.29 is 4.79 Å². The monoisotopic (exact) mass is 322 g/mol. The van der Waals surface area contributed by atoms with Crippen molar-refractivity contribution in [2.24, 2.45) is 5.92 Å². The van der Waals surface area contributed by atoms with Crippen molar-refractivity contribution in [1.29, 1.82) is 0 Å². The number of benzene rings is 1. The lowest BCUT2D eigenvalue weighted by Crippen LogP contribution is -2.33. The lowest BCUT2D eigenvalue weighted by molar-refractivity contribution is 0.244.